The van der Waals surface area contributed by atoms with Gasteiger partial charge in [0.2, 0.25) is 0 Å². The largest absolute Gasteiger partial charge is 0.351 e. The van der Waals surface area contributed by atoms with Crippen molar-refractivity contribution in [1.82, 2.24) is 14.9 Å². The molecule has 1 saturated heterocycles. The molecule has 1 N–H and O–H groups in total. The van der Waals surface area contributed by atoms with Crippen molar-refractivity contribution in [3.05, 3.63) is 113 Å². The number of rotatable bonds is 5. The number of thiocarbonyl (C=S) groups is 1. The van der Waals surface area contributed by atoms with Gasteiger partial charge < -0.3 is 14.8 Å². The van der Waals surface area contributed by atoms with Crippen LogP contribution >= 0.6 is 12.2 Å². The first-order valence-electron chi connectivity index (χ1n) is 12.2. The smallest absolute Gasteiger partial charge is 0.174 e. The molecule has 4 aromatic rings. The zero-order valence-corrected chi connectivity index (χ0v) is 21.8. The lowest BCUT2D eigenvalue weighted by molar-refractivity contribution is 0.565. The highest BCUT2D eigenvalue weighted by Gasteiger charge is 2.42. The molecule has 0 unspecified atom stereocenters. The van der Waals surface area contributed by atoms with E-state index in [2.05, 4.69) is 110 Å². The Morgan fingerprint density at radius 3 is 2.29 bits per heavy atom. The second-order valence-corrected chi connectivity index (χ2v) is 10.1. The second-order valence-electron chi connectivity index (χ2n) is 9.69. The molecule has 0 saturated carbocycles. The molecule has 5 rings (SSSR count). The van der Waals surface area contributed by atoms with Crippen molar-refractivity contribution in [3.8, 4) is 5.69 Å². The molecule has 1 fully saturated rings. The fourth-order valence-electron chi connectivity index (χ4n) is 5.24. The van der Waals surface area contributed by atoms with E-state index in [9.17, 15) is 0 Å². The highest BCUT2D eigenvalue weighted by Crippen LogP contribution is 2.44. The van der Waals surface area contributed by atoms with E-state index >= 15 is 0 Å². The van der Waals surface area contributed by atoms with E-state index in [1.165, 1.54) is 33.8 Å². The number of benzene rings is 2. The quantitative estimate of drug-likeness (QED) is 0.309. The third kappa shape index (κ3) is 4.14. The number of para-hydroxylation sites is 1. The molecule has 2 aromatic heterocycles. The summed E-state index contributed by atoms with van der Waals surface area (Å²) in [4.78, 5) is 6.98. The molecule has 0 aliphatic carbocycles. The van der Waals surface area contributed by atoms with Crippen LogP contribution in [-0.2, 0) is 0 Å². The maximum atomic E-state index is 5.94. The summed E-state index contributed by atoms with van der Waals surface area (Å²) in [6.45, 7) is 11.0. The Morgan fingerprint density at radius 2 is 1.63 bits per heavy atom. The van der Waals surface area contributed by atoms with E-state index in [4.69, 9.17) is 17.2 Å². The summed E-state index contributed by atoms with van der Waals surface area (Å²) in [5, 5.41) is 4.32. The summed E-state index contributed by atoms with van der Waals surface area (Å²) < 4.78 is 2.36. The Labute approximate surface area is 213 Å². The van der Waals surface area contributed by atoms with Gasteiger partial charge in [-0.15, -0.1) is 0 Å². The molecule has 1 aliphatic rings. The van der Waals surface area contributed by atoms with Crippen LogP contribution in [0.5, 0.6) is 0 Å². The van der Waals surface area contributed by atoms with Crippen LogP contribution in [0.2, 0.25) is 0 Å². The van der Waals surface area contributed by atoms with Crippen molar-refractivity contribution < 1.29 is 0 Å². The molecule has 2 atom stereocenters. The zero-order chi connectivity index (χ0) is 24.7. The first-order valence-corrected chi connectivity index (χ1v) is 12.6. The van der Waals surface area contributed by atoms with Crippen LogP contribution in [0.1, 0.15) is 65.6 Å². The van der Waals surface area contributed by atoms with Crippen molar-refractivity contribution in [3.63, 3.8) is 0 Å². The van der Waals surface area contributed by atoms with Gasteiger partial charge in [-0.1, -0.05) is 50.2 Å². The Morgan fingerprint density at radius 1 is 0.914 bits per heavy atom. The third-order valence-electron chi connectivity index (χ3n) is 7.08. The molecule has 0 radical (unpaired) electrons. The fraction of sp³-hybridized carbons (Fsp3) is 0.267. The van der Waals surface area contributed by atoms with E-state index in [1.54, 1.807) is 0 Å². The van der Waals surface area contributed by atoms with Gasteiger partial charge in [-0.2, -0.15) is 0 Å². The van der Waals surface area contributed by atoms with Crippen LogP contribution in [0.25, 0.3) is 5.69 Å². The molecular formula is C30H32N4S. The Balaban J connectivity index is 1.67. The number of aromatic nitrogens is 2. The zero-order valence-electron chi connectivity index (χ0n) is 21.0. The average molecular weight is 481 g/mol. The first kappa shape index (κ1) is 23.3. The van der Waals surface area contributed by atoms with Crippen LogP contribution < -0.4 is 10.2 Å². The first-order chi connectivity index (χ1) is 16.9. The Kier molecular flexibility index (Phi) is 6.20. The van der Waals surface area contributed by atoms with Crippen molar-refractivity contribution in [2.45, 2.75) is 52.6 Å². The third-order valence-corrected chi connectivity index (χ3v) is 7.40. The number of hydrogen-bond acceptors (Lipinski definition) is 2. The average Bonchev–Trinajstić information content (AvgIpc) is 3.35. The number of aryl methyl sites for hydroxylation is 2. The standard InChI is InChI=1S/C30H32N4S/c1-19(2)23-13-15-24(16-14-23)34-29(28(32-30(34)35)26-11-8-9-17-31-26)25-18-21(4)33(22(25)5)27-12-7-6-10-20(27)3/h6-19,28-29H,1-5H3,(H,32,35)/t28-,29+/m1/s1. The SMILES string of the molecule is Cc1ccccc1-n1c(C)cc([C@H]2[C@@H](c3ccccn3)NC(=S)N2c2ccc(C(C)C)cc2)c1C. The van der Waals surface area contributed by atoms with Gasteiger partial charge in [0.25, 0.3) is 0 Å². The van der Waals surface area contributed by atoms with Crippen LogP contribution in [0, 0.1) is 20.8 Å². The highest BCUT2D eigenvalue weighted by molar-refractivity contribution is 7.80. The van der Waals surface area contributed by atoms with Gasteiger partial charge in [-0.05, 0) is 92.0 Å². The molecule has 35 heavy (non-hydrogen) atoms. The molecule has 0 spiro atoms. The van der Waals surface area contributed by atoms with E-state index in [1.807, 2.05) is 18.3 Å². The minimum Gasteiger partial charge on any atom is -0.351 e. The summed E-state index contributed by atoms with van der Waals surface area (Å²) in [6, 6.07) is 25.7. The molecule has 2 aromatic carbocycles. The summed E-state index contributed by atoms with van der Waals surface area (Å²) in [5.41, 5.74) is 9.55. The van der Waals surface area contributed by atoms with E-state index < -0.39 is 0 Å². The minimum atomic E-state index is -0.0562. The van der Waals surface area contributed by atoms with Gasteiger partial charge in [0.1, 0.15) is 0 Å². The summed E-state index contributed by atoms with van der Waals surface area (Å²) in [7, 11) is 0. The van der Waals surface area contributed by atoms with Crippen molar-refractivity contribution >= 4 is 23.0 Å². The lowest BCUT2D eigenvalue weighted by Crippen LogP contribution is -2.29. The summed E-state index contributed by atoms with van der Waals surface area (Å²) in [6.07, 6.45) is 1.85. The normalized spacial score (nSPS) is 17.8. The van der Waals surface area contributed by atoms with E-state index in [0.717, 1.165) is 16.5 Å². The highest BCUT2D eigenvalue weighted by atomic mass is 32.1. The van der Waals surface area contributed by atoms with Gasteiger partial charge in [0.15, 0.2) is 5.11 Å². The number of pyridine rings is 1. The van der Waals surface area contributed by atoms with Crippen LogP contribution in [0.4, 0.5) is 5.69 Å². The molecule has 0 amide bonds. The second kappa shape index (κ2) is 9.31. The summed E-state index contributed by atoms with van der Waals surface area (Å²) in [5.74, 6) is 0.484. The monoisotopic (exact) mass is 480 g/mol. The molecule has 4 nitrogen and oxygen atoms in total. The molecular weight excluding hydrogens is 448 g/mol. The summed E-state index contributed by atoms with van der Waals surface area (Å²) >= 11 is 5.94. The topological polar surface area (TPSA) is 33.1 Å². The van der Waals surface area contributed by atoms with E-state index in [0.29, 0.717) is 5.92 Å². The van der Waals surface area contributed by atoms with Gasteiger partial charge in [0, 0.05) is 29.0 Å². The Hall–Kier alpha value is -3.44. The maximum absolute atomic E-state index is 5.94. The molecule has 3 heterocycles. The maximum Gasteiger partial charge on any atom is 0.174 e. The van der Waals surface area contributed by atoms with Crippen LogP contribution in [0.3, 0.4) is 0 Å². The van der Waals surface area contributed by atoms with Crippen molar-refractivity contribution in [2.75, 3.05) is 4.90 Å². The lowest BCUT2D eigenvalue weighted by atomic mass is 9.96. The van der Waals surface area contributed by atoms with Gasteiger partial charge in [-0.25, -0.2) is 0 Å². The van der Waals surface area contributed by atoms with Gasteiger partial charge >= 0.3 is 0 Å². The van der Waals surface area contributed by atoms with Crippen LogP contribution in [0.15, 0.2) is 79.0 Å². The van der Waals surface area contributed by atoms with Crippen LogP contribution in [-0.4, -0.2) is 14.7 Å². The number of anilines is 1. The number of hydrogen-bond donors (Lipinski definition) is 1. The molecule has 178 valence electrons. The predicted molar refractivity (Wildman–Crippen MR) is 148 cm³/mol. The molecule has 0 bridgehead atoms. The minimum absolute atomic E-state index is 0.0220. The van der Waals surface area contributed by atoms with E-state index in [-0.39, 0.29) is 12.1 Å². The predicted octanol–water partition coefficient (Wildman–Crippen LogP) is 7.10. The molecule has 5 heteroatoms. The van der Waals surface area contributed by atoms with Crippen molar-refractivity contribution in [2.24, 2.45) is 0 Å². The number of nitrogens with zero attached hydrogens (tertiary/aromatic N) is 3. The molecule has 1 aliphatic heterocycles. The van der Waals surface area contributed by atoms with Crippen molar-refractivity contribution in [1.29, 1.82) is 0 Å². The van der Waals surface area contributed by atoms with Gasteiger partial charge in [0.05, 0.1) is 17.8 Å². The number of nitrogens with one attached hydrogen (secondary N) is 1. The lowest BCUT2D eigenvalue weighted by Gasteiger charge is -2.28. The fourth-order valence-corrected chi connectivity index (χ4v) is 5.59. The van der Waals surface area contributed by atoms with Gasteiger partial charge in [-0.3, -0.25) is 4.98 Å². The Bertz CT molecular complexity index is 1360.